The third-order valence-electron chi connectivity index (χ3n) is 7.02. The fourth-order valence-electron chi connectivity index (χ4n) is 5.28. The van der Waals surface area contributed by atoms with Gasteiger partial charge in [-0.25, -0.2) is 9.59 Å². The summed E-state index contributed by atoms with van der Waals surface area (Å²) in [5, 5.41) is 16.4. The first kappa shape index (κ1) is 26.1. The lowest BCUT2D eigenvalue weighted by Gasteiger charge is -2.20. The highest BCUT2D eigenvalue weighted by Crippen LogP contribution is 2.36. The molecule has 6 rings (SSSR count). The van der Waals surface area contributed by atoms with E-state index in [0.29, 0.717) is 54.1 Å². The third kappa shape index (κ3) is 4.61. The van der Waals surface area contributed by atoms with Crippen molar-refractivity contribution in [3.8, 4) is 0 Å². The third-order valence-corrected chi connectivity index (χ3v) is 8.10. The van der Waals surface area contributed by atoms with Crippen LogP contribution in [0.2, 0.25) is 0 Å². The van der Waals surface area contributed by atoms with Gasteiger partial charge in [-0.15, -0.1) is 24.2 Å². The molecule has 1 aromatic heterocycles. The van der Waals surface area contributed by atoms with Crippen molar-refractivity contribution in [3.05, 3.63) is 63.9 Å². The fraction of sp³-hybridized carbons (Fsp3) is 0.308. The van der Waals surface area contributed by atoms with Crippen molar-refractivity contribution in [1.29, 1.82) is 0 Å². The molecule has 0 spiro atoms. The highest BCUT2D eigenvalue weighted by molar-refractivity contribution is 8.00. The van der Waals surface area contributed by atoms with Crippen LogP contribution in [0, 0.1) is 0 Å². The maximum absolute atomic E-state index is 12.5. The second-order valence-corrected chi connectivity index (χ2v) is 10.4. The lowest BCUT2D eigenvalue weighted by Crippen LogP contribution is -2.27. The number of halogens is 1. The number of carbonyl (C=O) groups excluding carboxylic acids is 2. The number of rotatable bonds is 7. The number of benzene rings is 2. The molecule has 0 aliphatic carbocycles. The minimum Gasteiger partial charge on any atom is -0.478 e. The number of anilines is 2. The number of amides is 2. The Morgan fingerprint density at radius 3 is 2.79 bits per heavy atom. The van der Waals surface area contributed by atoms with Gasteiger partial charge in [0, 0.05) is 28.6 Å². The van der Waals surface area contributed by atoms with Gasteiger partial charge in [0.25, 0.3) is 5.56 Å². The van der Waals surface area contributed by atoms with Crippen LogP contribution in [0.25, 0.3) is 10.9 Å². The van der Waals surface area contributed by atoms with Crippen LogP contribution in [-0.2, 0) is 16.1 Å². The average molecular weight is 557 g/mol. The predicted molar refractivity (Wildman–Crippen MR) is 146 cm³/mol. The Kier molecular flexibility index (Phi) is 7.08. The Morgan fingerprint density at radius 2 is 1.97 bits per heavy atom. The minimum atomic E-state index is -1.02. The highest BCUT2D eigenvalue weighted by Gasteiger charge is 2.33. The molecule has 3 N–H and O–H groups in total. The Bertz CT molecular complexity index is 1530. The minimum absolute atomic E-state index is 0. The van der Waals surface area contributed by atoms with Crippen molar-refractivity contribution in [2.75, 3.05) is 29.1 Å². The van der Waals surface area contributed by atoms with E-state index in [-0.39, 0.29) is 41.6 Å². The smallest absolute Gasteiger partial charge is 0.414 e. The second-order valence-electron chi connectivity index (χ2n) is 9.33. The van der Waals surface area contributed by atoms with Crippen LogP contribution in [0.4, 0.5) is 16.2 Å². The molecule has 10 nitrogen and oxygen atoms in total. The number of carboxylic acid groups (broad SMARTS) is 1. The van der Waals surface area contributed by atoms with Gasteiger partial charge in [-0.1, -0.05) is 6.07 Å². The molecular weight excluding hydrogens is 532 g/mol. The van der Waals surface area contributed by atoms with Crippen molar-refractivity contribution in [3.63, 3.8) is 0 Å². The molecule has 3 aliphatic rings. The van der Waals surface area contributed by atoms with E-state index < -0.39 is 12.1 Å². The summed E-state index contributed by atoms with van der Waals surface area (Å²) in [4.78, 5) is 50.8. The number of carbonyl (C=O) groups is 3. The molecule has 4 heterocycles. The summed E-state index contributed by atoms with van der Waals surface area (Å²) >= 11 is 1.47. The number of aromatic carboxylic acids is 1. The normalized spacial score (nSPS) is 19.6. The standard InChI is InChI=1S/C26H24N4O6S.ClH/c31-22-13-37-21-7-3-14(10-19(21)28-22)29-11-15(36-26(29)35)2-1-9-27-20-12-30-23(32)8-6-16-17(25(33)34)4-5-18(20)24(16)30;/h3-8,10,15,20,27H,1-2,9,11-13H2,(H,28,31)(H,33,34);1H/t15-,20-;/m0./s1. The fourth-order valence-corrected chi connectivity index (χ4v) is 6.07. The lowest BCUT2D eigenvalue weighted by atomic mass is 10.0. The molecule has 0 radical (unpaired) electrons. The molecule has 2 aromatic carbocycles. The zero-order valence-electron chi connectivity index (χ0n) is 20.1. The molecule has 0 saturated carbocycles. The van der Waals surface area contributed by atoms with Crippen LogP contribution in [0.1, 0.15) is 34.8 Å². The molecule has 1 fully saturated rings. The van der Waals surface area contributed by atoms with Gasteiger partial charge >= 0.3 is 12.1 Å². The number of ether oxygens (including phenoxy) is 1. The Morgan fingerprint density at radius 1 is 1.13 bits per heavy atom. The van der Waals surface area contributed by atoms with E-state index in [1.54, 1.807) is 33.7 Å². The van der Waals surface area contributed by atoms with Crippen LogP contribution in [0.15, 0.2) is 52.2 Å². The number of fused-ring (bicyclic) bond motifs is 1. The molecule has 0 bridgehead atoms. The van der Waals surface area contributed by atoms with Crippen molar-refractivity contribution >= 4 is 64.4 Å². The molecule has 3 aliphatic heterocycles. The van der Waals surface area contributed by atoms with Gasteiger partial charge in [-0.2, -0.15) is 0 Å². The van der Waals surface area contributed by atoms with E-state index in [1.165, 1.54) is 17.8 Å². The highest BCUT2D eigenvalue weighted by atomic mass is 35.5. The number of hydrogen-bond acceptors (Lipinski definition) is 7. The molecule has 0 unspecified atom stereocenters. The molecule has 198 valence electrons. The molecule has 2 atom stereocenters. The molecule has 38 heavy (non-hydrogen) atoms. The Hall–Kier alpha value is -3.54. The first-order chi connectivity index (χ1) is 17.9. The lowest BCUT2D eigenvalue weighted by molar-refractivity contribution is -0.113. The quantitative estimate of drug-likeness (QED) is 0.376. The number of pyridine rings is 1. The van der Waals surface area contributed by atoms with Crippen molar-refractivity contribution in [2.45, 2.75) is 36.4 Å². The number of carboxylic acids is 1. The molecular formula is C26H25ClN4O6S. The largest absolute Gasteiger partial charge is 0.478 e. The number of nitrogens with one attached hydrogen (secondary N) is 2. The van der Waals surface area contributed by atoms with Crippen LogP contribution in [0.3, 0.4) is 0 Å². The summed E-state index contributed by atoms with van der Waals surface area (Å²) in [6.45, 7) is 1.51. The van der Waals surface area contributed by atoms with E-state index >= 15 is 0 Å². The van der Waals surface area contributed by atoms with E-state index in [4.69, 9.17) is 4.74 Å². The van der Waals surface area contributed by atoms with Crippen molar-refractivity contribution in [2.24, 2.45) is 0 Å². The Balaban J connectivity index is 0.00000294. The number of cyclic esters (lactones) is 1. The van der Waals surface area contributed by atoms with Gasteiger partial charge in [-0.3, -0.25) is 14.5 Å². The molecule has 2 amide bonds. The topological polar surface area (TPSA) is 130 Å². The summed E-state index contributed by atoms with van der Waals surface area (Å²) in [5.41, 5.74) is 3.01. The summed E-state index contributed by atoms with van der Waals surface area (Å²) < 4.78 is 7.21. The summed E-state index contributed by atoms with van der Waals surface area (Å²) in [6, 6.07) is 11.8. The summed E-state index contributed by atoms with van der Waals surface area (Å²) in [5.74, 6) is -0.693. The van der Waals surface area contributed by atoms with Crippen molar-refractivity contribution < 1.29 is 24.2 Å². The van der Waals surface area contributed by atoms with E-state index in [0.717, 1.165) is 16.9 Å². The summed E-state index contributed by atoms with van der Waals surface area (Å²) in [6.07, 6.45) is 0.763. The van der Waals surface area contributed by atoms with Crippen LogP contribution >= 0.6 is 24.2 Å². The summed E-state index contributed by atoms with van der Waals surface area (Å²) in [7, 11) is 0. The number of hydrogen-bond donors (Lipinski definition) is 3. The van der Waals surface area contributed by atoms with Gasteiger partial charge in [0.15, 0.2) is 0 Å². The van der Waals surface area contributed by atoms with E-state index in [2.05, 4.69) is 10.6 Å². The van der Waals surface area contributed by atoms with Gasteiger partial charge in [0.05, 0.1) is 35.1 Å². The van der Waals surface area contributed by atoms with Gasteiger partial charge in [-0.05, 0) is 55.3 Å². The van der Waals surface area contributed by atoms with Crippen molar-refractivity contribution in [1.82, 2.24) is 9.88 Å². The molecule has 1 saturated heterocycles. The zero-order valence-corrected chi connectivity index (χ0v) is 21.8. The first-order valence-electron chi connectivity index (χ1n) is 12.1. The zero-order chi connectivity index (χ0) is 25.7. The average Bonchev–Trinajstić information content (AvgIpc) is 3.44. The first-order valence-corrected chi connectivity index (χ1v) is 13.1. The molecule has 12 heteroatoms. The molecule has 3 aromatic rings. The van der Waals surface area contributed by atoms with Gasteiger partial charge in [0.2, 0.25) is 5.91 Å². The number of aromatic nitrogens is 1. The second kappa shape index (κ2) is 10.3. The van der Waals surface area contributed by atoms with Crippen LogP contribution in [-0.4, -0.2) is 52.6 Å². The van der Waals surface area contributed by atoms with Crippen LogP contribution < -0.4 is 21.1 Å². The van der Waals surface area contributed by atoms with Gasteiger partial charge in [0.1, 0.15) is 6.10 Å². The monoisotopic (exact) mass is 556 g/mol. The van der Waals surface area contributed by atoms with E-state index in [1.807, 2.05) is 12.1 Å². The van der Waals surface area contributed by atoms with Gasteiger partial charge < -0.3 is 25.0 Å². The Labute approximate surface area is 227 Å². The van der Waals surface area contributed by atoms with Crippen LogP contribution in [0.5, 0.6) is 0 Å². The predicted octanol–water partition coefficient (Wildman–Crippen LogP) is 3.62. The van der Waals surface area contributed by atoms with E-state index in [9.17, 15) is 24.3 Å². The SMILES string of the molecule is Cl.O=C1CSc2ccc(N3C[C@H](CCCN[C@H]4Cn5c(=O)ccc6c(C(=O)O)ccc4c65)OC3=O)cc2N1. The maximum atomic E-state index is 12.5. The number of nitrogens with zero attached hydrogens (tertiary/aromatic N) is 2. The maximum Gasteiger partial charge on any atom is 0.414 e. The number of thioether (sulfide) groups is 1.